The summed E-state index contributed by atoms with van der Waals surface area (Å²) >= 11 is 0. The second kappa shape index (κ2) is 5.48. The van der Waals surface area contributed by atoms with Crippen LogP contribution in [-0.4, -0.2) is 12.6 Å². The van der Waals surface area contributed by atoms with Crippen LogP contribution in [0.25, 0.3) is 0 Å². The van der Waals surface area contributed by atoms with Crippen molar-refractivity contribution in [3.63, 3.8) is 0 Å². The highest BCUT2D eigenvalue weighted by molar-refractivity contribution is 5.69. The monoisotopic (exact) mass is 128 g/mol. The molecular weight excluding hydrogens is 116 g/mol. The molecule has 0 spiro atoms. The summed E-state index contributed by atoms with van der Waals surface area (Å²) in [6, 6.07) is 0. The smallest absolute Gasteiger partial charge is 0.309 e. The summed E-state index contributed by atoms with van der Waals surface area (Å²) in [6.45, 7) is 7.20. The van der Waals surface area contributed by atoms with Crippen LogP contribution < -0.4 is 0 Å². The number of hydrogen-bond donors (Lipinski definition) is 0. The van der Waals surface area contributed by atoms with Gasteiger partial charge in [-0.15, -0.1) is 0 Å². The zero-order valence-electron chi connectivity index (χ0n) is 5.56. The topological polar surface area (TPSA) is 26.3 Å². The van der Waals surface area contributed by atoms with Crippen LogP contribution in [0.1, 0.15) is 19.3 Å². The summed E-state index contributed by atoms with van der Waals surface area (Å²) in [5, 5.41) is 0. The van der Waals surface area contributed by atoms with E-state index in [4.69, 9.17) is 0 Å². The summed E-state index contributed by atoms with van der Waals surface area (Å²) in [7, 11) is 0. The van der Waals surface area contributed by atoms with E-state index in [1.165, 1.54) is 0 Å². The highest BCUT2D eigenvalue weighted by Gasteiger charge is 1.98. The van der Waals surface area contributed by atoms with Gasteiger partial charge in [-0.25, -0.2) is 0 Å². The molecule has 2 heteroatoms. The maximum absolute atomic E-state index is 10.5. The lowest BCUT2D eigenvalue weighted by molar-refractivity contribution is -0.142. The summed E-state index contributed by atoms with van der Waals surface area (Å²) in [6.07, 6.45) is 2.06. The lowest BCUT2D eigenvalue weighted by Crippen LogP contribution is -2.02. The van der Waals surface area contributed by atoms with Gasteiger partial charge in [0, 0.05) is 6.42 Å². The van der Waals surface area contributed by atoms with Crippen LogP contribution in [0.2, 0.25) is 0 Å². The molecule has 0 aromatic carbocycles. The van der Waals surface area contributed by atoms with Crippen molar-refractivity contribution in [2.45, 2.75) is 19.3 Å². The van der Waals surface area contributed by atoms with Crippen LogP contribution in [0, 0.1) is 13.8 Å². The summed E-state index contributed by atoms with van der Waals surface area (Å²) in [5.41, 5.74) is 0. The Balaban J connectivity index is 3.06. The highest BCUT2D eigenvalue weighted by Crippen LogP contribution is 1.94. The first-order valence-electron chi connectivity index (χ1n) is 3.05. The molecule has 0 radical (unpaired) electrons. The van der Waals surface area contributed by atoms with E-state index in [-0.39, 0.29) is 12.6 Å². The fraction of sp³-hybridized carbons (Fsp3) is 0.571. The van der Waals surface area contributed by atoms with E-state index in [1.807, 2.05) is 0 Å². The molecule has 0 aliphatic heterocycles. The molecule has 52 valence electrons. The SMILES string of the molecule is [CH2+]COC(=O)CCC[CH2-]. The van der Waals surface area contributed by atoms with Crippen LogP contribution in [0.4, 0.5) is 0 Å². The molecule has 0 aliphatic carbocycles. The molecule has 0 saturated carbocycles. The Morgan fingerprint density at radius 3 is 2.78 bits per heavy atom. The molecule has 0 bridgehead atoms. The second-order valence-electron chi connectivity index (χ2n) is 1.68. The number of rotatable bonds is 4. The van der Waals surface area contributed by atoms with Crippen LogP contribution in [0.5, 0.6) is 0 Å². The molecule has 0 N–H and O–H groups in total. The fourth-order valence-corrected chi connectivity index (χ4v) is 0.455. The predicted molar refractivity (Wildman–Crippen MR) is 35.5 cm³/mol. The van der Waals surface area contributed by atoms with Gasteiger partial charge in [-0.05, 0) is 0 Å². The minimum atomic E-state index is -0.173. The van der Waals surface area contributed by atoms with Crippen molar-refractivity contribution in [2.75, 3.05) is 6.61 Å². The van der Waals surface area contributed by atoms with Crippen LogP contribution >= 0.6 is 0 Å². The number of carbonyl (C=O) groups is 1. The Labute approximate surface area is 56.2 Å². The molecule has 0 aromatic rings. The van der Waals surface area contributed by atoms with Gasteiger partial charge in [0.1, 0.15) is 6.92 Å². The maximum atomic E-state index is 10.5. The minimum Gasteiger partial charge on any atom is -0.423 e. The zero-order chi connectivity index (χ0) is 7.11. The van der Waals surface area contributed by atoms with Crippen molar-refractivity contribution in [1.29, 1.82) is 0 Å². The molecule has 0 atom stereocenters. The van der Waals surface area contributed by atoms with Crippen LogP contribution in [0.15, 0.2) is 0 Å². The maximum Gasteiger partial charge on any atom is 0.309 e. The van der Waals surface area contributed by atoms with Gasteiger partial charge < -0.3 is 11.7 Å². The van der Waals surface area contributed by atoms with Gasteiger partial charge in [0.15, 0.2) is 0 Å². The van der Waals surface area contributed by atoms with E-state index < -0.39 is 0 Å². The van der Waals surface area contributed by atoms with Gasteiger partial charge in [0.05, 0.1) is 0 Å². The van der Waals surface area contributed by atoms with Crippen LogP contribution in [0.3, 0.4) is 0 Å². The minimum absolute atomic E-state index is 0.173. The fourth-order valence-electron chi connectivity index (χ4n) is 0.455. The van der Waals surface area contributed by atoms with Gasteiger partial charge in [0.2, 0.25) is 6.61 Å². The van der Waals surface area contributed by atoms with E-state index in [0.717, 1.165) is 12.8 Å². The number of unbranched alkanes of at least 4 members (excludes halogenated alkanes) is 1. The normalized spacial score (nSPS) is 9.00. The van der Waals surface area contributed by atoms with E-state index in [0.29, 0.717) is 6.42 Å². The first-order chi connectivity index (χ1) is 4.31. The predicted octanol–water partition coefficient (Wildman–Crippen LogP) is 1.37. The molecule has 0 unspecified atom stereocenters. The largest absolute Gasteiger partial charge is 0.423 e. The van der Waals surface area contributed by atoms with E-state index in [9.17, 15) is 4.79 Å². The van der Waals surface area contributed by atoms with Crippen molar-refractivity contribution >= 4 is 5.97 Å². The summed E-state index contributed by atoms with van der Waals surface area (Å²) in [4.78, 5) is 10.5. The third kappa shape index (κ3) is 5.21. The Morgan fingerprint density at radius 1 is 1.67 bits per heavy atom. The van der Waals surface area contributed by atoms with Gasteiger partial charge in [-0.2, -0.15) is 6.42 Å². The average Bonchev–Trinajstić information content (AvgIpc) is 1.85. The quantitative estimate of drug-likeness (QED) is 0.422. The Kier molecular flexibility index (Phi) is 5.07. The van der Waals surface area contributed by atoms with Crippen LogP contribution in [-0.2, 0) is 9.53 Å². The van der Waals surface area contributed by atoms with E-state index in [2.05, 4.69) is 18.6 Å². The summed E-state index contributed by atoms with van der Waals surface area (Å²) < 4.78 is 4.57. The lowest BCUT2D eigenvalue weighted by Gasteiger charge is -1.97. The molecule has 0 amide bonds. The van der Waals surface area contributed by atoms with Crippen molar-refractivity contribution in [3.8, 4) is 0 Å². The number of carbonyl (C=O) groups excluding carboxylic acids is 1. The molecule has 0 heterocycles. The number of esters is 1. The Hall–Kier alpha value is -0.660. The average molecular weight is 128 g/mol. The first-order valence-corrected chi connectivity index (χ1v) is 3.05. The van der Waals surface area contributed by atoms with Gasteiger partial charge in [-0.3, -0.25) is 4.79 Å². The first kappa shape index (κ1) is 8.34. The van der Waals surface area contributed by atoms with E-state index >= 15 is 0 Å². The van der Waals surface area contributed by atoms with Gasteiger partial charge >= 0.3 is 5.97 Å². The molecule has 0 rings (SSSR count). The molecule has 0 aliphatic rings. The third-order valence-corrected chi connectivity index (χ3v) is 0.894. The summed E-state index contributed by atoms with van der Waals surface area (Å²) in [5.74, 6) is -0.173. The zero-order valence-corrected chi connectivity index (χ0v) is 5.56. The Morgan fingerprint density at radius 2 is 2.33 bits per heavy atom. The molecular formula is C7H12O2. The molecule has 9 heavy (non-hydrogen) atoms. The van der Waals surface area contributed by atoms with Crippen molar-refractivity contribution in [1.82, 2.24) is 0 Å². The second-order valence-corrected chi connectivity index (χ2v) is 1.68. The molecule has 2 nitrogen and oxygen atoms in total. The molecule has 0 aromatic heterocycles. The van der Waals surface area contributed by atoms with Crippen molar-refractivity contribution < 1.29 is 9.53 Å². The lowest BCUT2D eigenvalue weighted by atomic mass is 10.3. The van der Waals surface area contributed by atoms with Crippen molar-refractivity contribution in [3.05, 3.63) is 13.8 Å². The molecule has 0 fully saturated rings. The molecule has 0 saturated heterocycles. The van der Waals surface area contributed by atoms with Crippen molar-refractivity contribution in [2.24, 2.45) is 0 Å². The Bertz CT molecular complexity index is 79.0. The standard InChI is InChI=1S/C7H12O2/c1-3-5-6-7(8)9-4-2/h1-6H2. The van der Waals surface area contributed by atoms with E-state index in [1.54, 1.807) is 0 Å². The highest BCUT2D eigenvalue weighted by atomic mass is 16.5. The van der Waals surface area contributed by atoms with Gasteiger partial charge in [0.25, 0.3) is 0 Å². The number of hydrogen-bond acceptors (Lipinski definition) is 2. The van der Waals surface area contributed by atoms with Gasteiger partial charge in [-0.1, -0.05) is 6.42 Å². The third-order valence-electron chi connectivity index (χ3n) is 0.894. The number of ether oxygens (including phenoxy) is 1.